The Morgan fingerprint density at radius 1 is 1.16 bits per heavy atom. The minimum atomic E-state index is -0.950. The quantitative estimate of drug-likeness (QED) is 0.172. The van der Waals surface area contributed by atoms with E-state index < -0.39 is 28.7 Å². The van der Waals surface area contributed by atoms with Crippen molar-refractivity contribution in [1.29, 1.82) is 0 Å². The molecule has 3 unspecified atom stereocenters. The summed E-state index contributed by atoms with van der Waals surface area (Å²) in [6.45, 7) is 9.76. The van der Waals surface area contributed by atoms with Gasteiger partial charge in [-0.25, -0.2) is 0 Å². The predicted octanol–water partition coefficient (Wildman–Crippen LogP) is 5.83. The second-order valence-corrected chi connectivity index (χ2v) is 13.5. The Hall–Kier alpha value is -3.07. The van der Waals surface area contributed by atoms with Crippen LogP contribution in [-0.2, 0) is 19.1 Å². The molecule has 228 valence electrons. The van der Waals surface area contributed by atoms with E-state index in [0.29, 0.717) is 29.1 Å². The highest BCUT2D eigenvalue weighted by Gasteiger charge is 2.77. The Labute approximate surface area is 262 Å². The van der Waals surface area contributed by atoms with Crippen molar-refractivity contribution in [2.75, 3.05) is 24.7 Å². The van der Waals surface area contributed by atoms with Crippen LogP contribution < -0.4 is 4.90 Å². The number of hydrogen-bond donors (Lipinski definition) is 1. The van der Waals surface area contributed by atoms with Crippen LogP contribution in [0, 0.1) is 17.8 Å². The SMILES string of the molecule is C=CCCCCOC(=O)[C@@H]1[C@H]2C(=O)N([C@H](CO)c3ccccc3)C(C(=O)N(CC=C)c3ccccc3Cl)C23S[C@@H]1CC3C. The number of unbranched alkanes of at least 4 members (excludes halogenated alkanes) is 2. The van der Waals surface area contributed by atoms with Crippen LogP contribution in [0.1, 0.15) is 44.2 Å². The largest absolute Gasteiger partial charge is 0.465 e. The highest BCUT2D eigenvalue weighted by Crippen LogP contribution is 2.69. The monoisotopic (exact) mass is 622 g/mol. The van der Waals surface area contributed by atoms with Gasteiger partial charge in [-0.1, -0.05) is 73.1 Å². The van der Waals surface area contributed by atoms with E-state index in [4.69, 9.17) is 16.3 Å². The summed E-state index contributed by atoms with van der Waals surface area (Å²) < 4.78 is 4.87. The summed E-state index contributed by atoms with van der Waals surface area (Å²) in [6.07, 6.45) is 6.58. The lowest BCUT2D eigenvalue weighted by Crippen LogP contribution is -2.58. The number of hydrogen-bond acceptors (Lipinski definition) is 6. The third kappa shape index (κ3) is 5.42. The minimum Gasteiger partial charge on any atom is -0.465 e. The molecular formula is C34H39ClN2O5S. The van der Waals surface area contributed by atoms with Crippen molar-refractivity contribution in [2.45, 2.75) is 54.7 Å². The highest BCUT2D eigenvalue weighted by molar-refractivity contribution is 8.02. The van der Waals surface area contributed by atoms with Crippen molar-refractivity contribution < 1.29 is 24.2 Å². The van der Waals surface area contributed by atoms with Crippen LogP contribution in [0.5, 0.6) is 0 Å². The van der Waals surface area contributed by atoms with Gasteiger partial charge >= 0.3 is 5.97 Å². The predicted molar refractivity (Wildman–Crippen MR) is 171 cm³/mol. The van der Waals surface area contributed by atoms with Gasteiger partial charge in [-0.15, -0.1) is 24.9 Å². The molecule has 0 saturated carbocycles. The van der Waals surface area contributed by atoms with Crippen LogP contribution in [-0.4, -0.2) is 63.6 Å². The topological polar surface area (TPSA) is 87.1 Å². The van der Waals surface area contributed by atoms with Crippen molar-refractivity contribution in [1.82, 2.24) is 4.90 Å². The fraction of sp³-hybridized carbons (Fsp3) is 0.441. The zero-order chi connectivity index (χ0) is 30.7. The number of amides is 2. The van der Waals surface area contributed by atoms with Crippen molar-refractivity contribution in [3.8, 4) is 0 Å². The summed E-state index contributed by atoms with van der Waals surface area (Å²) in [5, 5.41) is 11.0. The molecular weight excluding hydrogens is 584 g/mol. The molecule has 3 fully saturated rings. The molecule has 0 aliphatic carbocycles. The number of esters is 1. The number of halogens is 1. The van der Waals surface area contributed by atoms with Gasteiger partial charge in [0.15, 0.2) is 0 Å². The molecule has 7 nitrogen and oxygen atoms in total. The van der Waals surface area contributed by atoms with E-state index >= 15 is 0 Å². The normalized spacial score (nSPS) is 27.9. The maximum atomic E-state index is 14.9. The Balaban J connectivity index is 1.59. The minimum absolute atomic E-state index is 0.0426. The molecule has 0 radical (unpaired) electrons. The molecule has 2 amide bonds. The Morgan fingerprint density at radius 2 is 1.88 bits per heavy atom. The Bertz CT molecular complexity index is 1370. The lowest BCUT2D eigenvalue weighted by atomic mass is 9.66. The number of nitrogens with zero attached hydrogens (tertiary/aromatic N) is 2. The van der Waals surface area contributed by atoms with E-state index in [-0.39, 0.29) is 48.7 Å². The second-order valence-electron chi connectivity index (χ2n) is 11.5. The Kier molecular flexibility index (Phi) is 9.69. The molecule has 2 aromatic rings. The van der Waals surface area contributed by atoms with Crippen LogP contribution in [0.4, 0.5) is 5.69 Å². The molecule has 0 aromatic heterocycles. The van der Waals surface area contributed by atoms with Crippen LogP contribution in [0.3, 0.4) is 0 Å². The number of thioether (sulfide) groups is 1. The van der Waals surface area contributed by atoms with E-state index in [0.717, 1.165) is 12.8 Å². The first-order chi connectivity index (χ1) is 20.8. The molecule has 3 aliphatic heterocycles. The first-order valence-corrected chi connectivity index (χ1v) is 16.2. The maximum absolute atomic E-state index is 14.9. The number of likely N-dealkylation sites (tertiary alicyclic amines) is 1. The number of rotatable bonds is 13. The average Bonchev–Trinajstić information content (AvgIpc) is 3.61. The number of benzene rings is 2. The third-order valence-corrected chi connectivity index (χ3v) is 11.5. The van der Waals surface area contributed by atoms with E-state index in [1.165, 1.54) is 0 Å². The first-order valence-electron chi connectivity index (χ1n) is 14.9. The molecule has 3 saturated heterocycles. The molecule has 7 atom stereocenters. The standard InChI is InChI=1S/C34H39ClN2O5S/c1-4-6-7-13-19-42-33(41)28-27-20-22(3)34(43-27)29(28)31(39)37(26(21-38)23-14-9-8-10-15-23)30(34)32(40)36(18-5-2)25-17-12-11-16-24(25)35/h4-5,8-12,14-17,22,26-30,38H,1-2,6-7,13,18-21H2,3H3/t22?,26-,27-,28+,29+,30?,34?/m1/s1. The van der Waals surface area contributed by atoms with Crippen LogP contribution >= 0.6 is 23.4 Å². The van der Waals surface area contributed by atoms with E-state index in [1.807, 2.05) is 42.5 Å². The van der Waals surface area contributed by atoms with Gasteiger partial charge in [0.25, 0.3) is 5.91 Å². The van der Waals surface area contributed by atoms with Gasteiger partial charge in [0.1, 0.15) is 6.04 Å². The van der Waals surface area contributed by atoms with E-state index in [1.54, 1.807) is 45.8 Å². The number of carbonyl (C=O) groups excluding carboxylic acids is 3. The van der Waals surface area contributed by atoms with Crippen molar-refractivity contribution in [3.05, 3.63) is 90.5 Å². The number of aliphatic hydroxyl groups excluding tert-OH is 1. The van der Waals surface area contributed by atoms with Gasteiger partial charge < -0.3 is 19.6 Å². The first kappa shape index (κ1) is 31.4. The molecule has 1 N–H and O–H groups in total. The number of ether oxygens (including phenoxy) is 1. The highest BCUT2D eigenvalue weighted by atomic mass is 35.5. The lowest BCUT2D eigenvalue weighted by molar-refractivity contribution is -0.155. The molecule has 5 rings (SSSR count). The third-order valence-electron chi connectivity index (χ3n) is 9.15. The summed E-state index contributed by atoms with van der Waals surface area (Å²) in [4.78, 5) is 46.4. The molecule has 3 aliphatic rings. The van der Waals surface area contributed by atoms with Crippen LogP contribution in [0.15, 0.2) is 79.9 Å². The summed E-state index contributed by atoms with van der Waals surface area (Å²) in [6, 6.07) is 14.6. The van der Waals surface area contributed by atoms with Gasteiger partial charge in [0.05, 0.1) is 46.5 Å². The zero-order valence-corrected chi connectivity index (χ0v) is 26.0. The zero-order valence-electron chi connectivity index (χ0n) is 24.4. The lowest BCUT2D eigenvalue weighted by Gasteiger charge is -2.42. The molecule has 43 heavy (non-hydrogen) atoms. The fourth-order valence-electron chi connectivity index (χ4n) is 7.29. The molecule has 3 heterocycles. The molecule has 2 aromatic carbocycles. The number of para-hydroxylation sites is 1. The molecule has 9 heteroatoms. The van der Waals surface area contributed by atoms with Crippen LogP contribution in [0.2, 0.25) is 5.02 Å². The van der Waals surface area contributed by atoms with Gasteiger partial charge in [0, 0.05) is 11.8 Å². The van der Waals surface area contributed by atoms with Gasteiger partial charge in [-0.2, -0.15) is 0 Å². The van der Waals surface area contributed by atoms with E-state index in [2.05, 4.69) is 20.1 Å². The summed E-state index contributed by atoms with van der Waals surface area (Å²) in [5.74, 6) is -2.46. The van der Waals surface area contributed by atoms with E-state index in [9.17, 15) is 19.5 Å². The Morgan fingerprint density at radius 3 is 2.56 bits per heavy atom. The number of carbonyl (C=O) groups is 3. The van der Waals surface area contributed by atoms with Gasteiger partial charge in [-0.05, 0) is 49.3 Å². The van der Waals surface area contributed by atoms with Crippen molar-refractivity contribution in [3.63, 3.8) is 0 Å². The van der Waals surface area contributed by atoms with Gasteiger partial charge in [-0.3, -0.25) is 14.4 Å². The van der Waals surface area contributed by atoms with Crippen molar-refractivity contribution in [2.24, 2.45) is 17.8 Å². The number of allylic oxidation sites excluding steroid dienone is 1. The second kappa shape index (κ2) is 13.3. The summed E-state index contributed by atoms with van der Waals surface area (Å²) in [7, 11) is 0. The maximum Gasteiger partial charge on any atom is 0.310 e. The van der Waals surface area contributed by atoms with Crippen molar-refractivity contribution >= 4 is 46.8 Å². The molecule has 2 bridgehead atoms. The summed E-state index contributed by atoms with van der Waals surface area (Å²) in [5.41, 5.74) is 1.23. The number of anilines is 1. The average molecular weight is 623 g/mol. The van der Waals surface area contributed by atoms with Gasteiger partial charge in [0.2, 0.25) is 5.91 Å². The number of aliphatic hydroxyl groups is 1. The molecule has 1 spiro atoms. The fourth-order valence-corrected chi connectivity index (χ4v) is 9.91. The number of fused-ring (bicyclic) bond motifs is 1. The summed E-state index contributed by atoms with van der Waals surface area (Å²) >= 11 is 8.18. The van der Waals surface area contributed by atoms with Crippen LogP contribution in [0.25, 0.3) is 0 Å². The smallest absolute Gasteiger partial charge is 0.310 e.